The second-order valence-corrected chi connectivity index (χ2v) is 8.65. The lowest BCUT2D eigenvalue weighted by molar-refractivity contribution is -0.120. The molecule has 0 saturated heterocycles. The largest absolute Gasteiger partial charge is 0.482 e. The van der Waals surface area contributed by atoms with E-state index in [1.165, 1.54) is 11.3 Å². The predicted octanol–water partition coefficient (Wildman–Crippen LogP) is 6.52. The lowest BCUT2D eigenvalue weighted by atomic mass is 10.2. The van der Waals surface area contributed by atoms with E-state index in [1.54, 1.807) is 23.1 Å². The molecule has 0 saturated carbocycles. The fourth-order valence-corrected chi connectivity index (χ4v) is 4.52. The van der Waals surface area contributed by atoms with Gasteiger partial charge in [-0.15, -0.1) is 0 Å². The van der Waals surface area contributed by atoms with Crippen LogP contribution in [0.2, 0.25) is 10.0 Å². The van der Waals surface area contributed by atoms with Crippen molar-refractivity contribution in [2.24, 2.45) is 0 Å². The number of aryl methyl sites for hydroxylation is 1. The molecule has 0 fully saturated rings. The van der Waals surface area contributed by atoms with Crippen LogP contribution in [0.5, 0.6) is 5.75 Å². The molecule has 3 aromatic carbocycles. The van der Waals surface area contributed by atoms with E-state index in [0.717, 1.165) is 21.3 Å². The van der Waals surface area contributed by atoms with Gasteiger partial charge in [-0.25, -0.2) is 4.98 Å². The predicted molar refractivity (Wildman–Crippen MR) is 124 cm³/mol. The number of rotatable bonds is 6. The van der Waals surface area contributed by atoms with Crippen molar-refractivity contribution in [1.29, 1.82) is 0 Å². The Hall–Kier alpha value is -2.60. The van der Waals surface area contributed by atoms with E-state index in [1.807, 2.05) is 49.4 Å². The van der Waals surface area contributed by atoms with Crippen LogP contribution >= 0.6 is 34.5 Å². The second kappa shape index (κ2) is 9.04. The van der Waals surface area contributed by atoms with Crippen molar-refractivity contribution in [3.63, 3.8) is 0 Å². The van der Waals surface area contributed by atoms with E-state index in [9.17, 15) is 4.79 Å². The summed E-state index contributed by atoms with van der Waals surface area (Å²) in [6, 6.07) is 20.8. The first-order chi connectivity index (χ1) is 14.5. The van der Waals surface area contributed by atoms with Gasteiger partial charge in [0.2, 0.25) is 0 Å². The minimum Gasteiger partial charge on any atom is -0.482 e. The Morgan fingerprint density at radius 3 is 2.63 bits per heavy atom. The lowest BCUT2D eigenvalue weighted by Gasteiger charge is -2.20. The molecule has 0 atom stereocenters. The fraction of sp³-hybridized carbons (Fsp3) is 0.130. The average molecular weight is 457 g/mol. The van der Waals surface area contributed by atoms with Crippen molar-refractivity contribution in [3.8, 4) is 5.75 Å². The molecule has 1 aromatic heterocycles. The Balaban J connectivity index is 1.61. The number of carbonyl (C=O) groups excluding carboxylic acids is 1. The number of benzene rings is 3. The maximum Gasteiger partial charge on any atom is 0.267 e. The number of ether oxygens (including phenoxy) is 1. The summed E-state index contributed by atoms with van der Waals surface area (Å²) in [7, 11) is 0. The van der Waals surface area contributed by atoms with Gasteiger partial charge in [0.1, 0.15) is 5.75 Å². The van der Waals surface area contributed by atoms with E-state index in [-0.39, 0.29) is 12.5 Å². The number of nitrogens with zero attached hydrogens (tertiary/aromatic N) is 2. The van der Waals surface area contributed by atoms with Gasteiger partial charge in [-0.1, -0.05) is 70.9 Å². The summed E-state index contributed by atoms with van der Waals surface area (Å²) in [4.78, 5) is 19.5. The van der Waals surface area contributed by atoms with Gasteiger partial charge in [-0.2, -0.15) is 0 Å². The third-order valence-corrected chi connectivity index (χ3v) is 6.06. The molecule has 30 heavy (non-hydrogen) atoms. The van der Waals surface area contributed by atoms with Gasteiger partial charge >= 0.3 is 0 Å². The molecule has 4 rings (SSSR count). The smallest absolute Gasteiger partial charge is 0.267 e. The zero-order chi connectivity index (χ0) is 21.1. The minimum atomic E-state index is -0.208. The number of halogens is 2. The quantitative estimate of drug-likeness (QED) is 0.331. The van der Waals surface area contributed by atoms with Crippen LogP contribution in [0.15, 0.2) is 66.7 Å². The normalized spacial score (nSPS) is 10.9. The van der Waals surface area contributed by atoms with Crippen molar-refractivity contribution in [2.45, 2.75) is 13.5 Å². The van der Waals surface area contributed by atoms with Gasteiger partial charge in [0.25, 0.3) is 5.91 Å². The van der Waals surface area contributed by atoms with Crippen molar-refractivity contribution in [2.75, 3.05) is 11.5 Å². The monoisotopic (exact) mass is 456 g/mol. The number of thiazole rings is 1. The first-order valence-corrected chi connectivity index (χ1v) is 10.9. The first kappa shape index (κ1) is 20.7. The number of fused-ring (bicyclic) bond motifs is 1. The summed E-state index contributed by atoms with van der Waals surface area (Å²) < 4.78 is 6.72. The summed E-state index contributed by atoms with van der Waals surface area (Å²) in [5, 5.41) is 1.50. The molecule has 1 amide bonds. The fourth-order valence-electron chi connectivity index (χ4n) is 2.97. The summed E-state index contributed by atoms with van der Waals surface area (Å²) in [6.07, 6.45) is 0. The molecule has 0 aliphatic rings. The molecule has 152 valence electrons. The summed E-state index contributed by atoms with van der Waals surface area (Å²) in [5.41, 5.74) is 3.03. The van der Waals surface area contributed by atoms with Crippen LogP contribution in [0.4, 0.5) is 5.13 Å². The number of aromatic nitrogens is 1. The first-order valence-electron chi connectivity index (χ1n) is 9.29. The highest BCUT2D eigenvalue weighted by molar-refractivity contribution is 7.22. The molecular formula is C23H18Cl2N2O2S. The molecule has 4 nitrogen and oxygen atoms in total. The van der Waals surface area contributed by atoms with E-state index in [4.69, 9.17) is 27.9 Å². The summed E-state index contributed by atoms with van der Waals surface area (Å²) >= 11 is 13.6. The maximum absolute atomic E-state index is 13.1. The van der Waals surface area contributed by atoms with Crippen LogP contribution in [0.1, 0.15) is 11.1 Å². The van der Waals surface area contributed by atoms with Gasteiger partial charge in [0.15, 0.2) is 11.7 Å². The van der Waals surface area contributed by atoms with Crippen LogP contribution in [0, 0.1) is 6.92 Å². The molecule has 7 heteroatoms. The highest BCUT2D eigenvalue weighted by atomic mass is 35.5. The van der Waals surface area contributed by atoms with Crippen molar-refractivity contribution in [3.05, 3.63) is 87.9 Å². The Bertz CT molecular complexity index is 1190. The molecule has 0 aliphatic heterocycles. The number of hydrogen-bond acceptors (Lipinski definition) is 4. The topological polar surface area (TPSA) is 42.4 Å². The highest BCUT2D eigenvalue weighted by Crippen LogP contribution is 2.31. The number of hydrogen-bond donors (Lipinski definition) is 0. The molecule has 4 aromatic rings. The van der Waals surface area contributed by atoms with E-state index in [2.05, 4.69) is 11.1 Å². The lowest BCUT2D eigenvalue weighted by Crippen LogP contribution is -2.34. The molecule has 0 N–H and O–H groups in total. The Kier molecular flexibility index (Phi) is 6.23. The van der Waals surface area contributed by atoms with Crippen LogP contribution in [-0.2, 0) is 11.3 Å². The molecule has 0 radical (unpaired) electrons. The number of amides is 1. The van der Waals surface area contributed by atoms with Crippen LogP contribution in [-0.4, -0.2) is 17.5 Å². The van der Waals surface area contributed by atoms with E-state index in [0.29, 0.717) is 27.5 Å². The van der Waals surface area contributed by atoms with Crippen molar-refractivity contribution >= 4 is 55.8 Å². The number of anilines is 1. The van der Waals surface area contributed by atoms with Gasteiger partial charge in [-0.05, 0) is 48.4 Å². The molecule has 0 unspecified atom stereocenters. The summed E-state index contributed by atoms with van der Waals surface area (Å²) in [6.45, 7) is 2.27. The second-order valence-electron chi connectivity index (χ2n) is 6.80. The molecule has 0 bridgehead atoms. The van der Waals surface area contributed by atoms with Crippen LogP contribution < -0.4 is 9.64 Å². The molecule has 0 aliphatic carbocycles. The van der Waals surface area contributed by atoms with Crippen LogP contribution in [0.3, 0.4) is 0 Å². The SMILES string of the molecule is Cc1ccc2nc(N(Cc3ccccc3)C(=O)COc3ccc(Cl)cc3Cl)sc2c1. The Labute approximate surface area is 188 Å². The van der Waals surface area contributed by atoms with Gasteiger partial charge in [-0.3, -0.25) is 9.69 Å². The minimum absolute atomic E-state index is 0.164. The van der Waals surface area contributed by atoms with Crippen molar-refractivity contribution in [1.82, 2.24) is 4.98 Å². The third kappa shape index (κ3) is 4.75. The molecular weight excluding hydrogens is 439 g/mol. The third-order valence-electron chi connectivity index (χ3n) is 4.49. The Morgan fingerprint density at radius 2 is 1.87 bits per heavy atom. The van der Waals surface area contributed by atoms with E-state index < -0.39 is 0 Å². The standard InChI is InChI=1S/C23H18Cl2N2O2S/c1-15-7-9-19-21(11-15)30-23(26-19)27(13-16-5-3-2-4-6-16)22(28)14-29-20-10-8-17(24)12-18(20)25/h2-12H,13-14H2,1H3. The zero-order valence-electron chi connectivity index (χ0n) is 16.1. The van der Waals surface area contributed by atoms with Gasteiger partial charge in [0, 0.05) is 5.02 Å². The van der Waals surface area contributed by atoms with Crippen LogP contribution in [0.25, 0.3) is 10.2 Å². The average Bonchev–Trinajstić information content (AvgIpc) is 3.14. The maximum atomic E-state index is 13.1. The zero-order valence-corrected chi connectivity index (χ0v) is 18.5. The Morgan fingerprint density at radius 1 is 1.07 bits per heavy atom. The van der Waals surface area contributed by atoms with Gasteiger partial charge < -0.3 is 4.74 Å². The number of carbonyl (C=O) groups is 1. The molecule has 0 spiro atoms. The molecule has 1 heterocycles. The van der Waals surface area contributed by atoms with Crippen molar-refractivity contribution < 1.29 is 9.53 Å². The van der Waals surface area contributed by atoms with Gasteiger partial charge in [0.05, 0.1) is 21.8 Å². The summed E-state index contributed by atoms with van der Waals surface area (Å²) in [5.74, 6) is 0.203. The highest BCUT2D eigenvalue weighted by Gasteiger charge is 2.21. The van der Waals surface area contributed by atoms with E-state index >= 15 is 0 Å².